The van der Waals surface area contributed by atoms with E-state index in [4.69, 9.17) is 11.6 Å². The van der Waals surface area contributed by atoms with E-state index in [0.717, 1.165) is 4.90 Å². The molecule has 0 aliphatic carbocycles. The minimum atomic E-state index is -3.73. The Bertz CT molecular complexity index is 1100. The van der Waals surface area contributed by atoms with Gasteiger partial charge in [0.05, 0.1) is 15.8 Å². The number of nitrogens with one attached hydrogen (secondary N) is 3. The number of hydrogen-bond donors (Lipinski definition) is 3. The number of amides is 2. The van der Waals surface area contributed by atoms with Gasteiger partial charge in [-0.05, 0) is 57.2 Å². The highest BCUT2D eigenvalue weighted by Crippen LogP contribution is 2.38. The summed E-state index contributed by atoms with van der Waals surface area (Å²) in [7, 11) is -3.73. The topological polar surface area (TPSA) is 104 Å². The molecule has 3 N–H and O–H groups in total. The van der Waals surface area contributed by atoms with Crippen molar-refractivity contribution in [3.8, 4) is 0 Å². The van der Waals surface area contributed by atoms with Crippen molar-refractivity contribution in [3.05, 3.63) is 47.5 Å². The lowest BCUT2D eigenvalue weighted by Crippen LogP contribution is -2.40. The smallest absolute Gasteiger partial charge is 0.241 e. The van der Waals surface area contributed by atoms with Crippen LogP contribution in [-0.4, -0.2) is 31.0 Å². The summed E-state index contributed by atoms with van der Waals surface area (Å²) in [4.78, 5) is 25.7. The van der Waals surface area contributed by atoms with Crippen molar-refractivity contribution in [2.75, 3.05) is 10.6 Å². The standard InChI is InChI=1S/C20H22ClN3O4S2/c1-20(2,3)24-30(27,28)14-6-4-5-13(10-14)22-18(25)11-17-19(26)23-15-9-12(21)7-8-16(15)29-17/h4-10,17,24H,11H2,1-3H3,(H,22,25)(H,23,26). The van der Waals surface area contributed by atoms with Crippen LogP contribution in [0, 0.1) is 0 Å². The molecule has 2 amide bonds. The lowest BCUT2D eigenvalue weighted by Gasteiger charge is -2.24. The minimum absolute atomic E-state index is 0.0471. The van der Waals surface area contributed by atoms with Gasteiger partial charge >= 0.3 is 0 Å². The summed E-state index contributed by atoms with van der Waals surface area (Å²) >= 11 is 7.23. The molecule has 0 radical (unpaired) electrons. The van der Waals surface area contributed by atoms with E-state index in [1.54, 1.807) is 51.1 Å². The summed E-state index contributed by atoms with van der Waals surface area (Å²) in [5.41, 5.74) is 0.327. The number of hydrogen-bond acceptors (Lipinski definition) is 5. The third-order valence-corrected chi connectivity index (χ3v) is 7.27. The number of anilines is 2. The normalized spacial score (nSPS) is 16.5. The Hall–Kier alpha value is -2.07. The first-order valence-corrected chi connectivity index (χ1v) is 11.9. The predicted molar refractivity (Wildman–Crippen MR) is 119 cm³/mol. The second-order valence-corrected chi connectivity index (χ2v) is 11.2. The summed E-state index contributed by atoms with van der Waals surface area (Å²) in [6, 6.07) is 11.2. The van der Waals surface area contributed by atoms with Crippen LogP contribution in [-0.2, 0) is 19.6 Å². The Labute approximate surface area is 185 Å². The molecule has 30 heavy (non-hydrogen) atoms. The maximum Gasteiger partial charge on any atom is 0.241 e. The first-order chi connectivity index (χ1) is 13.9. The van der Waals surface area contributed by atoms with Crippen molar-refractivity contribution in [1.29, 1.82) is 0 Å². The first kappa shape index (κ1) is 22.6. The molecule has 3 rings (SSSR count). The van der Waals surface area contributed by atoms with Gasteiger partial charge in [0.1, 0.15) is 0 Å². The maximum atomic E-state index is 12.5. The highest BCUT2D eigenvalue weighted by molar-refractivity contribution is 8.01. The van der Waals surface area contributed by atoms with Crippen LogP contribution in [0.3, 0.4) is 0 Å². The molecule has 0 fully saturated rings. The molecular formula is C20H22ClN3O4S2. The number of sulfonamides is 1. The van der Waals surface area contributed by atoms with Crippen molar-refractivity contribution >= 4 is 56.6 Å². The second-order valence-electron chi connectivity index (χ2n) is 7.87. The van der Waals surface area contributed by atoms with Gasteiger partial charge in [-0.2, -0.15) is 0 Å². The lowest BCUT2D eigenvalue weighted by molar-refractivity contribution is -0.120. The van der Waals surface area contributed by atoms with Crippen LogP contribution in [0.15, 0.2) is 52.3 Å². The molecule has 1 unspecified atom stereocenters. The predicted octanol–water partition coefficient (Wildman–Crippen LogP) is 3.86. The molecule has 0 bridgehead atoms. The minimum Gasteiger partial charge on any atom is -0.326 e. The molecule has 2 aromatic rings. The summed E-state index contributed by atoms with van der Waals surface area (Å²) in [5, 5.41) is 5.34. The molecule has 1 aliphatic rings. The van der Waals surface area contributed by atoms with Gasteiger partial charge in [0.15, 0.2) is 0 Å². The summed E-state index contributed by atoms with van der Waals surface area (Å²) in [6.45, 7) is 5.24. The van der Waals surface area contributed by atoms with Crippen LogP contribution in [0.1, 0.15) is 27.2 Å². The monoisotopic (exact) mass is 467 g/mol. The van der Waals surface area contributed by atoms with Crippen LogP contribution in [0.4, 0.5) is 11.4 Å². The second kappa shape index (κ2) is 8.58. The Morgan fingerprint density at radius 3 is 2.63 bits per heavy atom. The Kier molecular flexibility index (Phi) is 6.47. The Morgan fingerprint density at radius 2 is 1.93 bits per heavy atom. The number of carbonyl (C=O) groups is 2. The van der Waals surface area contributed by atoms with E-state index in [1.165, 1.54) is 23.9 Å². The van der Waals surface area contributed by atoms with E-state index in [9.17, 15) is 18.0 Å². The van der Waals surface area contributed by atoms with Crippen LogP contribution < -0.4 is 15.4 Å². The molecule has 7 nitrogen and oxygen atoms in total. The van der Waals surface area contributed by atoms with Crippen molar-refractivity contribution in [1.82, 2.24) is 4.72 Å². The average molecular weight is 468 g/mol. The van der Waals surface area contributed by atoms with Gasteiger partial charge in [0.2, 0.25) is 21.8 Å². The third kappa shape index (κ3) is 5.75. The molecular weight excluding hydrogens is 446 g/mol. The molecule has 0 saturated heterocycles. The van der Waals surface area contributed by atoms with Gasteiger partial charge < -0.3 is 10.6 Å². The van der Waals surface area contributed by atoms with E-state index in [1.807, 2.05) is 0 Å². The molecule has 2 aromatic carbocycles. The molecule has 0 saturated carbocycles. The Morgan fingerprint density at radius 1 is 1.20 bits per heavy atom. The first-order valence-electron chi connectivity index (χ1n) is 9.14. The molecule has 160 valence electrons. The summed E-state index contributed by atoms with van der Waals surface area (Å²) in [5.74, 6) is -0.672. The molecule has 1 atom stereocenters. The zero-order valence-corrected chi connectivity index (χ0v) is 19.0. The fourth-order valence-corrected chi connectivity index (χ4v) is 5.57. The molecule has 10 heteroatoms. The van der Waals surface area contributed by atoms with Gasteiger partial charge in [-0.25, -0.2) is 13.1 Å². The van der Waals surface area contributed by atoms with Gasteiger partial charge in [0.25, 0.3) is 0 Å². The fraction of sp³-hybridized carbons (Fsp3) is 0.300. The quantitative estimate of drug-likeness (QED) is 0.619. The zero-order chi connectivity index (χ0) is 22.1. The number of thioether (sulfide) groups is 1. The highest BCUT2D eigenvalue weighted by Gasteiger charge is 2.29. The SMILES string of the molecule is CC(C)(C)NS(=O)(=O)c1cccc(NC(=O)CC2Sc3ccc(Cl)cc3NC2=O)c1. The summed E-state index contributed by atoms with van der Waals surface area (Å²) < 4.78 is 27.6. The Balaban J connectivity index is 1.68. The number of benzene rings is 2. The van der Waals surface area contributed by atoms with E-state index >= 15 is 0 Å². The van der Waals surface area contributed by atoms with E-state index in [0.29, 0.717) is 16.4 Å². The molecule has 0 aromatic heterocycles. The van der Waals surface area contributed by atoms with Crippen molar-refractivity contribution < 1.29 is 18.0 Å². The molecule has 0 spiro atoms. The van der Waals surface area contributed by atoms with Crippen LogP contribution >= 0.6 is 23.4 Å². The van der Waals surface area contributed by atoms with Gasteiger partial charge in [-0.3, -0.25) is 9.59 Å². The van der Waals surface area contributed by atoms with E-state index < -0.39 is 26.7 Å². The number of carbonyl (C=O) groups excluding carboxylic acids is 2. The van der Waals surface area contributed by atoms with Crippen molar-refractivity contribution in [2.45, 2.75) is 47.8 Å². The van der Waals surface area contributed by atoms with Gasteiger partial charge in [0, 0.05) is 27.6 Å². The van der Waals surface area contributed by atoms with Gasteiger partial charge in [-0.1, -0.05) is 17.7 Å². The van der Waals surface area contributed by atoms with E-state index in [2.05, 4.69) is 15.4 Å². The largest absolute Gasteiger partial charge is 0.326 e. The zero-order valence-electron chi connectivity index (χ0n) is 16.7. The fourth-order valence-electron chi connectivity index (χ4n) is 2.84. The average Bonchev–Trinajstić information content (AvgIpc) is 2.61. The van der Waals surface area contributed by atoms with E-state index in [-0.39, 0.29) is 17.2 Å². The maximum absolute atomic E-state index is 12.5. The van der Waals surface area contributed by atoms with Crippen LogP contribution in [0.25, 0.3) is 0 Å². The van der Waals surface area contributed by atoms with Crippen molar-refractivity contribution in [2.24, 2.45) is 0 Å². The van der Waals surface area contributed by atoms with Gasteiger partial charge in [-0.15, -0.1) is 11.8 Å². The number of rotatable bonds is 5. The molecule has 1 aliphatic heterocycles. The van der Waals surface area contributed by atoms with Crippen LogP contribution in [0.5, 0.6) is 0 Å². The highest BCUT2D eigenvalue weighted by atomic mass is 35.5. The molecule has 1 heterocycles. The number of fused-ring (bicyclic) bond motifs is 1. The lowest BCUT2D eigenvalue weighted by atomic mass is 10.1. The summed E-state index contributed by atoms with van der Waals surface area (Å²) in [6.07, 6.45) is -0.0597. The van der Waals surface area contributed by atoms with Crippen LogP contribution in [0.2, 0.25) is 5.02 Å². The third-order valence-electron chi connectivity index (χ3n) is 4.00. The van der Waals surface area contributed by atoms with Crippen molar-refractivity contribution in [3.63, 3.8) is 0 Å². The number of halogens is 1.